The van der Waals surface area contributed by atoms with E-state index in [9.17, 15) is 14.4 Å². The summed E-state index contributed by atoms with van der Waals surface area (Å²) in [6.45, 7) is 0.169. The number of methoxy groups -OCH3 is 1. The number of ether oxygens (including phenoxy) is 1. The third-order valence-corrected chi connectivity index (χ3v) is 3.75. The quantitative estimate of drug-likeness (QED) is 0.800. The van der Waals surface area contributed by atoms with Crippen molar-refractivity contribution in [3.63, 3.8) is 0 Å². The average Bonchev–Trinajstić information content (AvgIpc) is 2.87. The van der Waals surface area contributed by atoms with Crippen LogP contribution in [-0.4, -0.2) is 46.2 Å². The predicted octanol–water partition coefficient (Wildman–Crippen LogP) is 1.50. The van der Waals surface area contributed by atoms with E-state index in [0.29, 0.717) is 23.6 Å². The molecule has 2 aromatic heterocycles. The van der Waals surface area contributed by atoms with Gasteiger partial charge in [0.25, 0.3) is 11.8 Å². The summed E-state index contributed by atoms with van der Waals surface area (Å²) in [6, 6.07) is 6.51. The molecule has 1 N–H and O–H groups in total. The number of imide groups is 1. The molecule has 8 heteroatoms. The van der Waals surface area contributed by atoms with Crippen LogP contribution in [0.25, 0.3) is 0 Å². The van der Waals surface area contributed by atoms with E-state index in [0.717, 1.165) is 4.90 Å². The molecular weight excluding hydrogens is 324 g/mol. The van der Waals surface area contributed by atoms with Gasteiger partial charge in [-0.25, -0.2) is 4.98 Å². The van der Waals surface area contributed by atoms with Crippen LogP contribution in [0.3, 0.4) is 0 Å². The molecule has 0 saturated carbocycles. The molecule has 0 radical (unpaired) electrons. The van der Waals surface area contributed by atoms with Gasteiger partial charge in [-0.3, -0.25) is 24.3 Å². The minimum atomic E-state index is -0.416. The first-order chi connectivity index (χ1) is 12.1. The van der Waals surface area contributed by atoms with Crippen LogP contribution in [0.5, 0.6) is 5.88 Å². The number of nitrogens with zero attached hydrogens (tertiary/aromatic N) is 3. The number of fused-ring (bicyclic) bond motifs is 1. The third-order valence-electron chi connectivity index (χ3n) is 3.75. The highest BCUT2D eigenvalue weighted by Gasteiger charge is 2.36. The van der Waals surface area contributed by atoms with E-state index in [2.05, 4.69) is 15.3 Å². The summed E-state index contributed by atoms with van der Waals surface area (Å²) in [5, 5.41) is 2.70. The zero-order valence-electron chi connectivity index (χ0n) is 13.6. The molecule has 3 amide bonds. The van der Waals surface area contributed by atoms with Gasteiger partial charge in [-0.1, -0.05) is 0 Å². The van der Waals surface area contributed by atoms with Gasteiger partial charge < -0.3 is 10.1 Å². The van der Waals surface area contributed by atoms with E-state index >= 15 is 0 Å². The lowest BCUT2D eigenvalue weighted by atomic mass is 10.2. The summed E-state index contributed by atoms with van der Waals surface area (Å²) < 4.78 is 4.94. The minimum absolute atomic E-state index is 0.168. The maximum Gasteiger partial charge on any atom is 0.280 e. The first-order valence-electron chi connectivity index (χ1n) is 7.71. The number of aromatic nitrogens is 2. The first-order valence-corrected chi connectivity index (χ1v) is 7.71. The summed E-state index contributed by atoms with van der Waals surface area (Å²) in [6.07, 6.45) is 3.50. The van der Waals surface area contributed by atoms with Crippen LogP contribution >= 0.6 is 0 Å². The Hall–Kier alpha value is -3.29. The molecule has 0 aromatic carbocycles. The van der Waals surface area contributed by atoms with Crippen molar-refractivity contribution in [2.75, 3.05) is 19.0 Å². The van der Waals surface area contributed by atoms with Crippen molar-refractivity contribution in [1.82, 2.24) is 14.9 Å². The van der Waals surface area contributed by atoms with Crippen LogP contribution < -0.4 is 10.1 Å². The number of pyridine rings is 2. The maximum absolute atomic E-state index is 12.2. The van der Waals surface area contributed by atoms with Gasteiger partial charge >= 0.3 is 0 Å². The van der Waals surface area contributed by atoms with Crippen LogP contribution in [0.1, 0.15) is 33.7 Å². The molecule has 0 aliphatic carbocycles. The Balaban J connectivity index is 1.50. The van der Waals surface area contributed by atoms with Crippen molar-refractivity contribution in [3.8, 4) is 5.88 Å². The van der Waals surface area contributed by atoms with Crippen molar-refractivity contribution < 1.29 is 19.1 Å². The van der Waals surface area contributed by atoms with E-state index in [1.165, 1.54) is 19.5 Å². The lowest BCUT2D eigenvalue weighted by molar-refractivity contribution is -0.116. The first kappa shape index (κ1) is 16.6. The fraction of sp³-hybridized carbons (Fsp3) is 0.235. The van der Waals surface area contributed by atoms with Gasteiger partial charge in [0.1, 0.15) is 5.69 Å². The SMILES string of the molecule is COc1ccc(NC(=O)CCCN2C(=O)c3cccnc3C2=O)cn1. The summed E-state index contributed by atoms with van der Waals surface area (Å²) in [7, 11) is 1.51. The summed E-state index contributed by atoms with van der Waals surface area (Å²) in [5.41, 5.74) is 1.03. The molecule has 3 rings (SSSR count). The topological polar surface area (TPSA) is 101 Å². The fourth-order valence-electron chi connectivity index (χ4n) is 2.51. The predicted molar refractivity (Wildman–Crippen MR) is 88.3 cm³/mol. The Bertz CT molecular complexity index is 785. The molecule has 0 saturated heterocycles. The van der Waals surface area contributed by atoms with Gasteiger partial charge in [0.2, 0.25) is 11.8 Å². The minimum Gasteiger partial charge on any atom is -0.481 e. The Morgan fingerprint density at radius 1 is 1.20 bits per heavy atom. The number of carbonyl (C=O) groups excluding carboxylic acids is 3. The Kier molecular flexibility index (Phi) is 4.69. The van der Waals surface area contributed by atoms with Gasteiger partial charge in [-0.05, 0) is 24.6 Å². The van der Waals surface area contributed by atoms with Gasteiger partial charge in [0, 0.05) is 25.2 Å². The molecule has 0 fully saturated rings. The number of amides is 3. The molecule has 3 heterocycles. The smallest absolute Gasteiger partial charge is 0.280 e. The van der Waals surface area contributed by atoms with E-state index in [1.807, 2.05) is 0 Å². The molecule has 0 atom stereocenters. The zero-order valence-corrected chi connectivity index (χ0v) is 13.6. The molecule has 2 aromatic rings. The second-order valence-corrected chi connectivity index (χ2v) is 5.40. The van der Waals surface area contributed by atoms with E-state index in [1.54, 1.807) is 24.3 Å². The molecule has 25 heavy (non-hydrogen) atoms. The molecule has 0 unspecified atom stereocenters. The van der Waals surface area contributed by atoms with Crippen molar-refractivity contribution in [2.45, 2.75) is 12.8 Å². The number of nitrogens with one attached hydrogen (secondary N) is 1. The summed E-state index contributed by atoms with van der Waals surface area (Å²) in [5.74, 6) is -0.549. The van der Waals surface area contributed by atoms with Gasteiger partial charge in [-0.2, -0.15) is 0 Å². The number of hydrogen-bond acceptors (Lipinski definition) is 6. The molecule has 0 spiro atoms. The highest BCUT2D eigenvalue weighted by molar-refractivity contribution is 6.20. The number of carbonyl (C=O) groups is 3. The lowest BCUT2D eigenvalue weighted by Crippen LogP contribution is -2.31. The highest BCUT2D eigenvalue weighted by atomic mass is 16.5. The van der Waals surface area contributed by atoms with E-state index in [4.69, 9.17) is 4.74 Å². The molecule has 1 aliphatic rings. The van der Waals surface area contributed by atoms with Crippen LogP contribution in [0.4, 0.5) is 5.69 Å². The van der Waals surface area contributed by atoms with Gasteiger partial charge in [0.05, 0.1) is 24.6 Å². The normalized spacial score (nSPS) is 12.9. The second kappa shape index (κ2) is 7.08. The largest absolute Gasteiger partial charge is 0.481 e. The molecular formula is C17H16N4O4. The molecule has 0 bridgehead atoms. The van der Waals surface area contributed by atoms with Crippen LogP contribution in [0.15, 0.2) is 36.7 Å². The van der Waals surface area contributed by atoms with Crippen LogP contribution in [0, 0.1) is 0 Å². The van der Waals surface area contributed by atoms with Crippen LogP contribution in [-0.2, 0) is 4.79 Å². The Morgan fingerprint density at radius 3 is 2.72 bits per heavy atom. The zero-order chi connectivity index (χ0) is 17.8. The summed E-state index contributed by atoms with van der Waals surface area (Å²) >= 11 is 0. The van der Waals surface area contributed by atoms with E-state index < -0.39 is 5.91 Å². The third kappa shape index (κ3) is 3.47. The van der Waals surface area contributed by atoms with Gasteiger partial charge in [0.15, 0.2) is 0 Å². The van der Waals surface area contributed by atoms with Crippen molar-refractivity contribution in [1.29, 1.82) is 0 Å². The molecule has 128 valence electrons. The molecule has 1 aliphatic heterocycles. The number of rotatable bonds is 6. The fourth-order valence-corrected chi connectivity index (χ4v) is 2.51. The van der Waals surface area contributed by atoms with Crippen molar-refractivity contribution >= 4 is 23.4 Å². The maximum atomic E-state index is 12.2. The lowest BCUT2D eigenvalue weighted by Gasteiger charge is -2.13. The highest BCUT2D eigenvalue weighted by Crippen LogP contribution is 2.20. The number of hydrogen-bond donors (Lipinski definition) is 1. The monoisotopic (exact) mass is 340 g/mol. The average molecular weight is 340 g/mol. The van der Waals surface area contributed by atoms with Crippen LogP contribution in [0.2, 0.25) is 0 Å². The van der Waals surface area contributed by atoms with Crippen molar-refractivity contribution in [3.05, 3.63) is 47.9 Å². The van der Waals surface area contributed by atoms with Crippen molar-refractivity contribution in [2.24, 2.45) is 0 Å². The molecule has 8 nitrogen and oxygen atoms in total. The van der Waals surface area contributed by atoms with Gasteiger partial charge in [-0.15, -0.1) is 0 Å². The Labute approximate surface area is 143 Å². The Morgan fingerprint density at radius 2 is 2.04 bits per heavy atom. The number of anilines is 1. The standard InChI is InChI=1S/C17H16N4O4/c1-25-14-7-6-11(10-19-14)20-13(22)5-3-9-21-16(23)12-4-2-8-18-15(12)17(21)24/h2,4,6-8,10H,3,5,9H2,1H3,(H,20,22). The summed E-state index contributed by atoms with van der Waals surface area (Å²) in [4.78, 5) is 45.4. The second-order valence-electron chi connectivity index (χ2n) is 5.40. The van der Waals surface area contributed by atoms with E-state index in [-0.39, 0.29) is 30.5 Å².